The molecule has 0 spiro atoms. The van der Waals surface area contributed by atoms with Crippen LogP contribution < -0.4 is 5.73 Å². The molecule has 0 bridgehead atoms. The normalized spacial score (nSPS) is 29.2. The topological polar surface area (TPSA) is 46.3 Å². The Kier molecular flexibility index (Phi) is 5.68. The minimum Gasteiger partial charge on any atom is -0.346 e. The van der Waals surface area contributed by atoms with Gasteiger partial charge in [0.2, 0.25) is 5.91 Å². The molecular weight excluding hydrogens is 236 g/mol. The van der Waals surface area contributed by atoms with Crippen LogP contribution >= 0.6 is 0 Å². The molecule has 2 rings (SSSR count). The van der Waals surface area contributed by atoms with Gasteiger partial charge in [-0.1, -0.05) is 38.5 Å². The highest BCUT2D eigenvalue weighted by molar-refractivity contribution is 5.78. The van der Waals surface area contributed by atoms with Gasteiger partial charge in [-0.25, -0.2) is 0 Å². The highest BCUT2D eigenvalue weighted by atomic mass is 16.2. The van der Waals surface area contributed by atoms with Crippen LogP contribution in [0.4, 0.5) is 0 Å². The number of amides is 1. The Hall–Kier alpha value is -0.570. The third-order valence-electron chi connectivity index (χ3n) is 5.04. The average Bonchev–Trinajstić information content (AvgIpc) is 2.45. The van der Waals surface area contributed by atoms with E-state index in [1.54, 1.807) is 0 Å². The van der Waals surface area contributed by atoms with E-state index in [-0.39, 0.29) is 12.0 Å². The number of nitrogens with zero attached hydrogens (tertiary/aromatic N) is 1. The predicted octanol–water partition coefficient (Wildman–Crippen LogP) is 2.93. The molecule has 3 heteroatoms. The Bertz CT molecular complexity index is 286. The summed E-state index contributed by atoms with van der Waals surface area (Å²) in [5.41, 5.74) is 5.98. The molecule has 3 nitrogen and oxygen atoms in total. The summed E-state index contributed by atoms with van der Waals surface area (Å²) in [6, 6.07) is 0.245. The minimum atomic E-state index is 0.195. The van der Waals surface area contributed by atoms with E-state index in [4.69, 9.17) is 5.73 Å². The highest BCUT2D eigenvalue weighted by Gasteiger charge is 2.27. The first-order chi connectivity index (χ1) is 9.16. The summed E-state index contributed by atoms with van der Waals surface area (Å²) in [5, 5.41) is 0. The van der Waals surface area contributed by atoms with Crippen molar-refractivity contribution in [1.82, 2.24) is 4.90 Å². The molecule has 0 saturated heterocycles. The van der Waals surface area contributed by atoms with Crippen LogP contribution in [0.25, 0.3) is 0 Å². The summed E-state index contributed by atoms with van der Waals surface area (Å²) in [5.74, 6) is 1.39. The maximum atomic E-state index is 12.4. The van der Waals surface area contributed by atoms with Crippen LogP contribution in [-0.2, 0) is 4.79 Å². The van der Waals surface area contributed by atoms with E-state index in [9.17, 15) is 4.79 Å². The van der Waals surface area contributed by atoms with Crippen molar-refractivity contribution >= 4 is 5.91 Å². The van der Waals surface area contributed by atoms with Crippen molar-refractivity contribution in [3.8, 4) is 0 Å². The Labute approximate surface area is 117 Å². The van der Waals surface area contributed by atoms with Crippen molar-refractivity contribution in [1.29, 1.82) is 0 Å². The van der Waals surface area contributed by atoms with Gasteiger partial charge in [-0.05, 0) is 31.6 Å². The van der Waals surface area contributed by atoms with Crippen LogP contribution in [0.3, 0.4) is 0 Å². The van der Waals surface area contributed by atoms with Crippen LogP contribution in [0, 0.1) is 11.8 Å². The van der Waals surface area contributed by atoms with Crippen molar-refractivity contribution in [3.63, 3.8) is 0 Å². The standard InChI is InChI=1S/C16H30N2O/c1-18(11-10-13-6-3-2-4-7-13)16(19)14-8-5-9-15(17)12-14/h13-15H,2-12,17H2,1H3. The molecule has 2 saturated carbocycles. The number of carbonyl (C=O) groups is 1. The molecule has 0 radical (unpaired) electrons. The molecule has 0 heterocycles. The van der Waals surface area contributed by atoms with Crippen molar-refractivity contribution in [2.75, 3.05) is 13.6 Å². The number of nitrogens with two attached hydrogens (primary N) is 1. The van der Waals surface area contributed by atoms with Crippen molar-refractivity contribution < 1.29 is 4.79 Å². The third kappa shape index (κ3) is 4.48. The fourth-order valence-electron chi connectivity index (χ4n) is 3.73. The molecule has 2 N–H and O–H groups in total. The molecule has 2 unspecified atom stereocenters. The summed E-state index contributed by atoms with van der Waals surface area (Å²) in [7, 11) is 1.98. The zero-order chi connectivity index (χ0) is 13.7. The summed E-state index contributed by atoms with van der Waals surface area (Å²) >= 11 is 0. The van der Waals surface area contributed by atoms with Gasteiger partial charge >= 0.3 is 0 Å². The smallest absolute Gasteiger partial charge is 0.225 e. The van der Waals surface area contributed by atoms with Crippen LogP contribution in [0.15, 0.2) is 0 Å². The molecule has 0 aromatic carbocycles. The molecule has 2 aliphatic carbocycles. The predicted molar refractivity (Wildman–Crippen MR) is 78.8 cm³/mol. The molecule has 0 aromatic heterocycles. The lowest BCUT2D eigenvalue weighted by atomic mass is 9.84. The van der Waals surface area contributed by atoms with Gasteiger partial charge in [0.05, 0.1) is 0 Å². The fourth-order valence-corrected chi connectivity index (χ4v) is 3.73. The van der Waals surface area contributed by atoms with Gasteiger partial charge in [-0.15, -0.1) is 0 Å². The van der Waals surface area contributed by atoms with Gasteiger partial charge in [0.15, 0.2) is 0 Å². The zero-order valence-corrected chi connectivity index (χ0v) is 12.4. The Morgan fingerprint density at radius 1 is 1.11 bits per heavy atom. The van der Waals surface area contributed by atoms with Crippen molar-refractivity contribution in [3.05, 3.63) is 0 Å². The molecular formula is C16H30N2O. The van der Waals surface area contributed by atoms with Gasteiger partial charge in [0.1, 0.15) is 0 Å². The second kappa shape index (κ2) is 7.28. The summed E-state index contributed by atoms with van der Waals surface area (Å²) in [4.78, 5) is 14.4. The fraction of sp³-hybridized carbons (Fsp3) is 0.938. The summed E-state index contributed by atoms with van der Waals surface area (Å²) in [6.45, 7) is 0.940. The van der Waals surface area contributed by atoms with E-state index in [1.165, 1.54) is 38.5 Å². The lowest BCUT2D eigenvalue weighted by Crippen LogP contribution is -2.39. The lowest BCUT2D eigenvalue weighted by Gasteiger charge is -2.30. The first-order valence-electron chi connectivity index (χ1n) is 8.17. The quantitative estimate of drug-likeness (QED) is 0.850. The van der Waals surface area contributed by atoms with Gasteiger partial charge in [-0.2, -0.15) is 0 Å². The Morgan fingerprint density at radius 3 is 2.53 bits per heavy atom. The highest BCUT2D eigenvalue weighted by Crippen LogP contribution is 2.28. The Morgan fingerprint density at radius 2 is 1.84 bits per heavy atom. The number of rotatable bonds is 4. The maximum Gasteiger partial charge on any atom is 0.225 e. The molecule has 110 valence electrons. The monoisotopic (exact) mass is 266 g/mol. The van der Waals surface area contributed by atoms with Crippen molar-refractivity contribution in [2.24, 2.45) is 17.6 Å². The molecule has 2 fully saturated rings. The van der Waals surface area contributed by atoms with Gasteiger partial charge < -0.3 is 10.6 Å². The molecule has 1 amide bonds. The molecule has 2 aliphatic rings. The zero-order valence-electron chi connectivity index (χ0n) is 12.4. The molecule has 0 aromatic rings. The first-order valence-corrected chi connectivity index (χ1v) is 8.17. The lowest BCUT2D eigenvalue weighted by molar-refractivity contribution is -0.135. The van der Waals surface area contributed by atoms with Crippen LogP contribution in [0.5, 0.6) is 0 Å². The number of hydrogen-bond donors (Lipinski definition) is 1. The van der Waals surface area contributed by atoms with E-state index in [2.05, 4.69) is 0 Å². The number of carbonyl (C=O) groups excluding carboxylic acids is 1. The van der Waals surface area contributed by atoms with Crippen molar-refractivity contribution in [2.45, 2.75) is 70.3 Å². The first kappa shape index (κ1) is 14.8. The number of hydrogen-bond acceptors (Lipinski definition) is 2. The van der Waals surface area contributed by atoms with E-state index < -0.39 is 0 Å². The second-order valence-electron chi connectivity index (χ2n) is 6.68. The van der Waals surface area contributed by atoms with Crippen LogP contribution in [-0.4, -0.2) is 30.4 Å². The van der Waals surface area contributed by atoms with E-state index in [0.717, 1.165) is 38.1 Å². The van der Waals surface area contributed by atoms with E-state index >= 15 is 0 Å². The SMILES string of the molecule is CN(CCC1CCCCC1)C(=O)C1CCCC(N)C1. The van der Waals surface area contributed by atoms with Crippen LogP contribution in [0.1, 0.15) is 64.2 Å². The summed E-state index contributed by atoms with van der Waals surface area (Å²) in [6.07, 6.45) is 12.3. The van der Waals surface area contributed by atoms with E-state index in [1.807, 2.05) is 11.9 Å². The molecule has 0 aliphatic heterocycles. The Balaban J connectivity index is 1.72. The van der Waals surface area contributed by atoms with Crippen LogP contribution in [0.2, 0.25) is 0 Å². The molecule has 2 atom stereocenters. The average molecular weight is 266 g/mol. The maximum absolute atomic E-state index is 12.4. The van der Waals surface area contributed by atoms with Gasteiger partial charge in [-0.3, -0.25) is 4.79 Å². The summed E-state index contributed by atoms with van der Waals surface area (Å²) < 4.78 is 0. The minimum absolute atomic E-state index is 0.195. The second-order valence-corrected chi connectivity index (χ2v) is 6.68. The van der Waals surface area contributed by atoms with E-state index in [0.29, 0.717) is 5.91 Å². The largest absolute Gasteiger partial charge is 0.346 e. The van der Waals surface area contributed by atoms with Gasteiger partial charge in [0, 0.05) is 25.6 Å². The van der Waals surface area contributed by atoms with Gasteiger partial charge in [0.25, 0.3) is 0 Å². The molecule has 19 heavy (non-hydrogen) atoms. The third-order valence-corrected chi connectivity index (χ3v) is 5.04.